The maximum Gasteiger partial charge on any atom is 0.573 e. The van der Waals surface area contributed by atoms with Crippen LogP contribution in [-0.4, -0.2) is 59.8 Å². The van der Waals surface area contributed by atoms with Crippen LogP contribution in [0.25, 0.3) is 0 Å². The summed E-state index contributed by atoms with van der Waals surface area (Å²) in [5, 5.41) is 9.20. The third-order valence-corrected chi connectivity index (χ3v) is 5.27. The first-order valence-corrected chi connectivity index (χ1v) is 8.81. The van der Waals surface area contributed by atoms with Gasteiger partial charge in [0.25, 0.3) is 5.91 Å². The van der Waals surface area contributed by atoms with E-state index in [4.69, 9.17) is 0 Å². The molecule has 0 bridgehead atoms. The lowest BCUT2D eigenvalue weighted by Gasteiger charge is -2.27. The molecule has 0 aromatic heterocycles. The van der Waals surface area contributed by atoms with Crippen molar-refractivity contribution in [3.63, 3.8) is 0 Å². The van der Waals surface area contributed by atoms with Crippen LogP contribution in [0.15, 0.2) is 34.9 Å². The van der Waals surface area contributed by atoms with Crippen molar-refractivity contribution in [1.82, 2.24) is 9.80 Å². The number of benzene rings is 1. The second-order valence-corrected chi connectivity index (χ2v) is 7.19. The van der Waals surface area contributed by atoms with Gasteiger partial charge in [0, 0.05) is 32.8 Å². The maximum absolute atomic E-state index is 12.3. The van der Waals surface area contributed by atoms with Crippen molar-refractivity contribution in [1.29, 1.82) is 0 Å². The molecular weight excluding hydrogens is 369 g/mol. The van der Waals surface area contributed by atoms with Crippen molar-refractivity contribution in [3.8, 4) is 5.75 Å². The molecule has 1 heterocycles. The topological polar surface area (TPSA) is 53.0 Å². The van der Waals surface area contributed by atoms with Crippen LogP contribution in [0.2, 0.25) is 0 Å². The van der Waals surface area contributed by atoms with Crippen molar-refractivity contribution in [3.05, 3.63) is 40.4 Å². The molecular formula is C17H21F3N2O3S. The van der Waals surface area contributed by atoms with Gasteiger partial charge in [0.1, 0.15) is 5.75 Å². The molecule has 1 aliphatic rings. The van der Waals surface area contributed by atoms with Crippen LogP contribution < -0.4 is 4.74 Å². The smallest absolute Gasteiger partial charge is 0.406 e. The third-order valence-electron chi connectivity index (χ3n) is 3.87. The predicted octanol–water partition coefficient (Wildman–Crippen LogP) is 2.81. The standard InChI is InChI=1S/C17H21F3N2O3S/c1-11-15(16(24)21(2)3)26-14(22(11)8-9-23)10-12-4-6-13(7-5-12)25-17(18,19)20/h4-7,14,23H,8-10H2,1-3H3. The van der Waals surface area contributed by atoms with Gasteiger partial charge in [-0.15, -0.1) is 13.2 Å². The number of β-amino-alcohol motifs (C(OH)–C–C–N with tert-alkyl or cyclic N) is 1. The summed E-state index contributed by atoms with van der Waals surface area (Å²) >= 11 is 1.40. The highest BCUT2D eigenvalue weighted by Crippen LogP contribution is 2.40. The van der Waals surface area contributed by atoms with Crippen LogP contribution in [0.4, 0.5) is 13.2 Å². The molecule has 1 aromatic carbocycles. The van der Waals surface area contributed by atoms with E-state index in [0.717, 1.165) is 11.3 Å². The number of nitrogens with zero attached hydrogens (tertiary/aromatic N) is 2. The number of halogens is 3. The summed E-state index contributed by atoms with van der Waals surface area (Å²) in [6.07, 6.45) is -4.21. The Kier molecular flexibility index (Phi) is 6.46. The number of aliphatic hydroxyl groups excluding tert-OH is 1. The van der Waals surface area contributed by atoms with Crippen LogP contribution >= 0.6 is 11.8 Å². The largest absolute Gasteiger partial charge is 0.573 e. The number of hydrogen-bond donors (Lipinski definition) is 1. The molecule has 1 N–H and O–H groups in total. The highest BCUT2D eigenvalue weighted by Gasteiger charge is 2.34. The molecule has 1 amide bonds. The number of hydrogen-bond acceptors (Lipinski definition) is 5. The summed E-state index contributed by atoms with van der Waals surface area (Å²) in [4.78, 5) is 16.4. The molecule has 0 spiro atoms. The van der Waals surface area contributed by atoms with E-state index in [0.29, 0.717) is 17.9 Å². The van der Waals surface area contributed by atoms with Crippen LogP contribution in [0.5, 0.6) is 5.75 Å². The van der Waals surface area contributed by atoms with Crippen LogP contribution in [0.3, 0.4) is 0 Å². The first-order valence-electron chi connectivity index (χ1n) is 7.93. The molecule has 26 heavy (non-hydrogen) atoms. The zero-order chi connectivity index (χ0) is 19.5. The number of ether oxygens (including phenoxy) is 1. The normalized spacial score (nSPS) is 17.7. The molecule has 1 aromatic rings. The molecule has 1 aliphatic heterocycles. The van der Waals surface area contributed by atoms with E-state index in [1.165, 1.54) is 28.8 Å². The number of allylic oxidation sites excluding steroid dienone is 1. The maximum atomic E-state index is 12.3. The Hall–Kier alpha value is -1.87. The molecule has 5 nitrogen and oxygen atoms in total. The molecule has 144 valence electrons. The summed E-state index contributed by atoms with van der Waals surface area (Å²) in [5.74, 6) is -0.378. The van der Waals surface area contributed by atoms with Crippen molar-refractivity contribution in [2.24, 2.45) is 0 Å². The lowest BCUT2D eigenvalue weighted by Crippen LogP contribution is -2.32. The number of carbonyl (C=O) groups is 1. The Morgan fingerprint density at radius 1 is 1.31 bits per heavy atom. The van der Waals surface area contributed by atoms with Crippen LogP contribution in [0, 0.1) is 0 Å². The molecule has 1 atom stereocenters. The third kappa shape index (κ3) is 5.07. The number of aliphatic hydroxyl groups is 1. The Bertz CT molecular complexity index is 675. The van der Waals surface area contributed by atoms with Gasteiger partial charge in [-0.2, -0.15) is 0 Å². The van der Waals surface area contributed by atoms with Gasteiger partial charge in [0.2, 0.25) is 0 Å². The highest BCUT2D eigenvalue weighted by molar-refractivity contribution is 8.04. The number of thioether (sulfide) groups is 1. The summed E-state index contributed by atoms with van der Waals surface area (Å²) in [5.41, 5.74) is 1.61. The van der Waals surface area contributed by atoms with Gasteiger partial charge >= 0.3 is 6.36 Å². The Balaban J connectivity index is 2.12. The SMILES string of the molecule is CC1=C(C(=O)N(C)C)SC(Cc2ccc(OC(F)(F)F)cc2)N1CCO. The van der Waals surface area contributed by atoms with Gasteiger partial charge < -0.3 is 19.6 Å². The molecule has 9 heteroatoms. The number of amides is 1. The fraction of sp³-hybridized carbons (Fsp3) is 0.471. The Labute approximate surface area is 154 Å². The second kappa shape index (κ2) is 8.22. The zero-order valence-corrected chi connectivity index (χ0v) is 15.5. The van der Waals surface area contributed by atoms with Crippen molar-refractivity contribution < 1.29 is 27.8 Å². The minimum Gasteiger partial charge on any atom is -0.406 e. The summed E-state index contributed by atoms with van der Waals surface area (Å²) in [7, 11) is 3.35. The summed E-state index contributed by atoms with van der Waals surface area (Å²) in [6.45, 7) is 2.15. The van der Waals surface area contributed by atoms with E-state index >= 15 is 0 Å². The van der Waals surface area contributed by atoms with E-state index in [2.05, 4.69) is 4.74 Å². The first-order chi connectivity index (χ1) is 12.1. The monoisotopic (exact) mass is 390 g/mol. The molecule has 2 rings (SSSR count). The van der Waals surface area contributed by atoms with E-state index in [1.807, 2.05) is 11.8 Å². The summed E-state index contributed by atoms with van der Waals surface area (Å²) in [6, 6.07) is 5.68. The van der Waals surface area contributed by atoms with Gasteiger partial charge in [0.05, 0.1) is 16.9 Å². The van der Waals surface area contributed by atoms with Crippen molar-refractivity contribution in [2.45, 2.75) is 25.1 Å². The molecule has 0 fully saturated rings. The molecule has 1 unspecified atom stereocenters. The van der Waals surface area contributed by atoms with Crippen molar-refractivity contribution >= 4 is 17.7 Å². The van der Waals surface area contributed by atoms with Gasteiger partial charge in [-0.25, -0.2) is 0 Å². The molecule has 0 radical (unpaired) electrons. The quantitative estimate of drug-likeness (QED) is 0.810. The van der Waals surface area contributed by atoms with Gasteiger partial charge in [-0.05, 0) is 24.6 Å². The van der Waals surface area contributed by atoms with E-state index < -0.39 is 6.36 Å². The van der Waals surface area contributed by atoms with Crippen molar-refractivity contribution in [2.75, 3.05) is 27.2 Å². The Morgan fingerprint density at radius 2 is 1.92 bits per heavy atom. The minimum absolute atomic E-state index is 0.0593. The average molecular weight is 390 g/mol. The molecule has 0 aliphatic carbocycles. The van der Waals surface area contributed by atoms with Crippen LogP contribution in [-0.2, 0) is 11.2 Å². The van der Waals surface area contributed by atoms with Crippen LogP contribution in [0.1, 0.15) is 12.5 Å². The summed E-state index contributed by atoms with van der Waals surface area (Å²) < 4.78 is 40.6. The molecule has 0 saturated heterocycles. The van der Waals surface area contributed by atoms with Gasteiger partial charge in [-0.1, -0.05) is 23.9 Å². The fourth-order valence-corrected chi connectivity index (χ4v) is 4.15. The fourth-order valence-electron chi connectivity index (χ4n) is 2.64. The highest BCUT2D eigenvalue weighted by atomic mass is 32.2. The van der Waals surface area contributed by atoms with Gasteiger partial charge in [0.15, 0.2) is 0 Å². The number of alkyl halides is 3. The van der Waals surface area contributed by atoms with E-state index in [-0.39, 0.29) is 23.6 Å². The number of carbonyl (C=O) groups excluding carboxylic acids is 1. The van der Waals surface area contributed by atoms with E-state index in [1.54, 1.807) is 26.2 Å². The molecule has 0 saturated carbocycles. The van der Waals surface area contributed by atoms with E-state index in [9.17, 15) is 23.1 Å². The lowest BCUT2D eigenvalue weighted by atomic mass is 10.1. The second-order valence-electron chi connectivity index (χ2n) is 6.00. The first kappa shape index (κ1) is 20.4. The lowest BCUT2D eigenvalue weighted by molar-refractivity contribution is -0.274. The Morgan fingerprint density at radius 3 is 2.42 bits per heavy atom. The predicted molar refractivity (Wildman–Crippen MR) is 93.4 cm³/mol. The number of likely N-dealkylation sites (N-methyl/N-ethyl adjacent to an activating group) is 1. The minimum atomic E-state index is -4.72. The number of rotatable bonds is 6. The average Bonchev–Trinajstić information content (AvgIpc) is 2.84. The zero-order valence-electron chi connectivity index (χ0n) is 14.7. The van der Waals surface area contributed by atoms with Gasteiger partial charge in [-0.3, -0.25) is 4.79 Å².